The molecule has 86 valence electrons. The maximum absolute atomic E-state index is 12.0. The van der Waals surface area contributed by atoms with Gasteiger partial charge in [-0.1, -0.05) is 22.0 Å². The number of aliphatic carboxylic acids is 1. The third kappa shape index (κ3) is 1.76. The van der Waals surface area contributed by atoms with E-state index in [9.17, 15) is 13.2 Å². The fraction of sp³-hybridized carbons (Fsp3) is 0.300. The maximum atomic E-state index is 12.0. The van der Waals surface area contributed by atoms with Crippen LogP contribution < -0.4 is 0 Å². The van der Waals surface area contributed by atoms with Crippen LogP contribution >= 0.6 is 15.9 Å². The van der Waals surface area contributed by atoms with Gasteiger partial charge in [0.05, 0.1) is 16.6 Å². The number of rotatable bonds is 2. The summed E-state index contributed by atoms with van der Waals surface area (Å²) in [6, 6.07) is 4.93. The lowest BCUT2D eigenvalue weighted by molar-refractivity contribution is -0.137. The van der Waals surface area contributed by atoms with Crippen LogP contribution in [0.3, 0.4) is 0 Å². The zero-order valence-electron chi connectivity index (χ0n) is 8.18. The van der Waals surface area contributed by atoms with Gasteiger partial charge in [-0.3, -0.25) is 4.79 Å². The molecule has 0 aliphatic carbocycles. The fourth-order valence-electron chi connectivity index (χ4n) is 1.90. The van der Waals surface area contributed by atoms with Crippen molar-refractivity contribution in [2.24, 2.45) is 0 Å². The molecule has 2 rings (SSSR count). The first-order valence-corrected chi connectivity index (χ1v) is 7.00. The molecule has 1 heterocycles. The Morgan fingerprint density at radius 1 is 1.50 bits per heavy atom. The van der Waals surface area contributed by atoms with E-state index >= 15 is 0 Å². The topological polar surface area (TPSA) is 71.4 Å². The predicted molar refractivity (Wildman–Crippen MR) is 61.1 cm³/mol. The van der Waals surface area contributed by atoms with Gasteiger partial charge in [0.1, 0.15) is 0 Å². The Bertz CT molecular complexity index is 550. The smallest absolute Gasteiger partial charge is 0.304 e. The van der Waals surface area contributed by atoms with Gasteiger partial charge in [0.15, 0.2) is 9.84 Å². The Morgan fingerprint density at radius 2 is 2.19 bits per heavy atom. The second kappa shape index (κ2) is 3.85. The van der Waals surface area contributed by atoms with Crippen molar-refractivity contribution in [3.8, 4) is 0 Å². The summed E-state index contributed by atoms with van der Waals surface area (Å²) < 4.78 is 24.7. The van der Waals surface area contributed by atoms with Crippen LogP contribution in [0, 0.1) is 0 Å². The fourth-order valence-corrected chi connectivity index (χ4v) is 4.47. The van der Waals surface area contributed by atoms with Crippen LogP contribution in [0.15, 0.2) is 27.6 Å². The van der Waals surface area contributed by atoms with Crippen LogP contribution in [0.25, 0.3) is 0 Å². The highest BCUT2D eigenvalue weighted by molar-refractivity contribution is 9.10. The Labute approximate surface area is 101 Å². The lowest BCUT2D eigenvalue weighted by atomic mass is 10.1. The van der Waals surface area contributed by atoms with Gasteiger partial charge >= 0.3 is 5.97 Å². The Hall–Kier alpha value is -0.880. The molecule has 0 spiro atoms. The highest BCUT2D eigenvalue weighted by Gasteiger charge is 2.38. The highest BCUT2D eigenvalue weighted by atomic mass is 79.9. The molecule has 1 aliphatic rings. The Morgan fingerprint density at radius 3 is 2.75 bits per heavy atom. The quantitative estimate of drug-likeness (QED) is 0.901. The molecule has 0 saturated heterocycles. The molecule has 0 fully saturated rings. The summed E-state index contributed by atoms with van der Waals surface area (Å²) in [6.07, 6.45) is -0.0746. The molecule has 1 N–H and O–H groups in total. The van der Waals surface area contributed by atoms with Gasteiger partial charge < -0.3 is 5.11 Å². The summed E-state index contributed by atoms with van der Waals surface area (Å²) in [5.74, 6) is -1.09. The second-order valence-corrected chi connectivity index (χ2v) is 6.74. The number of carbonyl (C=O) groups is 1. The van der Waals surface area contributed by atoms with Gasteiger partial charge in [0, 0.05) is 4.47 Å². The minimum Gasteiger partial charge on any atom is -0.481 e. The summed E-state index contributed by atoms with van der Waals surface area (Å²) in [6.45, 7) is 0. The molecule has 6 heteroatoms. The normalized spacial score (nSPS) is 21.7. The third-order valence-electron chi connectivity index (χ3n) is 2.66. The molecule has 1 unspecified atom stereocenters. The Kier molecular flexibility index (Phi) is 2.79. The number of fused-ring (bicyclic) bond motifs is 1. The minimum absolute atomic E-state index is 0.258. The highest BCUT2D eigenvalue weighted by Crippen LogP contribution is 2.36. The van der Waals surface area contributed by atoms with E-state index in [-0.39, 0.29) is 17.7 Å². The van der Waals surface area contributed by atoms with Crippen molar-refractivity contribution < 1.29 is 18.3 Å². The van der Waals surface area contributed by atoms with Crippen LogP contribution in [0.1, 0.15) is 12.0 Å². The first kappa shape index (κ1) is 11.6. The van der Waals surface area contributed by atoms with Crippen LogP contribution in [-0.2, 0) is 21.1 Å². The van der Waals surface area contributed by atoms with Crippen molar-refractivity contribution in [2.75, 3.05) is 0 Å². The van der Waals surface area contributed by atoms with Crippen molar-refractivity contribution in [3.63, 3.8) is 0 Å². The van der Waals surface area contributed by atoms with Gasteiger partial charge in [-0.2, -0.15) is 0 Å². The largest absolute Gasteiger partial charge is 0.481 e. The average molecular weight is 305 g/mol. The van der Waals surface area contributed by atoms with Crippen molar-refractivity contribution in [3.05, 3.63) is 28.2 Å². The lowest BCUT2D eigenvalue weighted by Crippen LogP contribution is -2.20. The molecule has 0 amide bonds. The predicted octanol–water partition coefficient (Wildman–Crippen LogP) is 1.62. The monoisotopic (exact) mass is 304 g/mol. The van der Waals surface area contributed by atoms with Crippen LogP contribution in [0.5, 0.6) is 0 Å². The number of halogens is 1. The Balaban J connectivity index is 2.50. The second-order valence-electron chi connectivity index (χ2n) is 3.69. The molecule has 1 aliphatic heterocycles. The van der Waals surface area contributed by atoms with Gasteiger partial charge in [-0.15, -0.1) is 0 Å². The summed E-state index contributed by atoms with van der Waals surface area (Å²) in [5, 5.41) is 7.84. The molecular weight excluding hydrogens is 296 g/mol. The van der Waals surface area contributed by atoms with Gasteiger partial charge in [-0.05, 0) is 24.1 Å². The number of hydrogen-bond acceptors (Lipinski definition) is 3. The molecule has 0 saturated carbocycles. The molecular formula is C10H9BrO4S. The first-order chi connectivity index (χ1) is 7.43. The van der Waals surface area contributed by atoms with Crippen molar-refractivity contribution >= 4 is 31.7 Å². The van der Waals surface area contributed by atoms with Crippen LogP contribution in [0.4, 0.5) is 0 Å². The van der Waals surface area contributed by atoms with E-state index in [1.807, 2.05) is 0 Å². The number of hydrogen-bond donors (Lipinski definition) is 1. The zero-order valence-corrected chi connectivity index (χ0v) is 10.6. The SMILES string of the molecule is O=C(O)CC1Cc2c(Br)cccc2S1(=O)=O. The molecule has 1 aromatic carbocycles. The lowest BCUT2D eigenvalue weighted by Gasteiger charge is -2.04. The standard InChI is InChI=1S/C10H9BrO4S/c11-8-2-1-3-9-7(8)4-6(5-10(12)13)16(9,14)15/h1-3,6H,4-5H2,(H,12,13). The average Bonchev–Trinajstić information content (AvgIpc) is 2.41. The summed E-state index contributed by atoms with van der Waals surface area (Å²) >= 11 is 3.28. The summed E-state index contributed by atoms with van der Waals surface area (Å²) in [5.41, 5.74) is 0.689. The zero-order chi connectivity index (χ0) is 11.9. The van der Waals surface area contributed by atoms with E-state index in [4.69, 9.17) is 5.11 Å². The first-order valence-electron chi connectivity index (χ1n) is 4.66. The molecule has 1 atom stereocenters. The van der Waals surface area contributed by atoms with E-state index in [0.29, 0.717) is 5.56 Å². The summed E-state index contributed by atoms with van der Waals surface area (Å²) in [4.78, 5) is 10.9. The van der Waals surface area contributed by atoms with E-state index in [2.05, 4.69) is 15.9 Å². The van der Waals surface area contributed by atoms with E-state index < -0.39 is 21.1 Å². The molecule has 16 heavy (non-hydrogen) atoms. The van der Waals surface area contributed by atoms with Crippen molar-refractivity contribution in [1.82, 2.24) is 0 Å². The number of carboxylic acids is 1. The van der Waals surface area contributed by atoms with Crippen molar-refractivity contribution in [1.29, 1.82) is 0 Å². The molecule has 1 aromatic rings. The van der Waals surface area contributed by atoms with Crippen LogP contribution in [0.2, 0.25) is 0 Å². The molecule has 0 bridgehead atoms. The van der Waals surface area contributed by atoms with E-state index in [1.165, 1.54) is 6.07 Å². The molecule has 0 radical (unpaired) electrons. The minimum atomic E-state index is -3.47. The van der Waals surface area contributed by atoms with Gasteiger partial charge in [0.2, 0.25) is 0 Å². The van der Waals surface area contributed by atoms with Gasteiger partial charge in [0.25, 0.3) is 0 Å². The van der Waals surface area contributed by atoms with Crippen LogP contribution in [-0.4, -0.2) is 24.7 Å². The number of sulfone groups is 1. The van der Waals surface area contributed by atoms with Crippen molar-refractivity contribution in [2.45, 2.75) is 23.0 Å². The third-order valence-corrected chi connectivity index (χ3v) is 5.60. The van der Waals surface area contributed by atoms with Gasteiger partial charge in [-0.25, -0.2) is 8.42 Å². The molecule has 0 aromatic heterocycles. The maximum Gasteiger partial charge on any atom is 0.304 e. The van der Waals surface area contributed by atoms with E-state index in [1.54, 1.807) is 12.1 Å². The number of carboxylic acid groups (broad SMARTS) is 1. The molecule has 4 nitrogen and oxygen atoms in total. The van der Waals surface area contributed by atoms with E-state index in [0.717, 1.165) is 4.47 Å². The number of benzene rings is 1. The summed E-state index contributed by atoms with van der Waals surface area (Å²) in [7, 11) is -3.47.